The Hall–Kier alpha value is -2.31. The van der Waals surface area contributed by atoms with E-state index in [9.17, 15) is 4.79 Å². The van der Waals surface area contributed by atoms with Crippen LogP contribution in [0.5, 0.6) is 5.88 Å². The van der Waals surface area contributed by atoms with E-state index in [0.29, 0.717) is 24.8 Å². The molecule has 0 bridgehead atoms. The number of hydrogen-bond donors (Lipinski definition) is 2. The summed E-state index contributed by atoms with van der Waals surface area (Å²) in [5.41, 5.74) is 3.68. The molecule has 0 atom stereocenters. The second-order valence-corrected chi connectivity index (χ2v) is 7.65. The first kappa shape index (κ1) is 19.0. The van der Waals surface area contributed by atoms with Crippen molar-refractivity contribution in [3.05, 3.63) is 52.0 Å². The van der Waals surface area contributed by atoms with E-state index in [0.717, 1.165) is 55.9 Å². The zero-order chi connectivity index (χ0) is 19.3. The van der Waals surface area contributed by atoms with Crippen LogP contribution in [0.2, 0.25) is 5.02 Å². The molecule has 2 aliphatic heterocycles. The van der Waals surface area contributed by atoms with Crippen molar-refractivity contribution < 1.29 is 9.53 Å². The van der Waals surface area contributed by atoms with Crippen molar-refractivity contribution in [2.75, 3.05) is 31.6 Å². The summed E-state index contributed by atoms with van der Waals surface area (Å²) in [6.45, 7) is 4.31. The van der Waals surface area contributed by atoms with Gasteiger partial charge in [-0.15, -0.1) is 0 Å². The largest absolute Gasteiger partial charge is 0.478 e. The van der Waals surface area contributed by atoms with Gasteiger partial charge in [-0.25, -0.2) is 4.79 Å². The van der Waals surface area contributed by atoms with Gasteiger partial charge in [-0.3, -0.25) is 10.2 Å². The van der Waals surface area contributed by atoms with Crippen LogP contribution >= 0.6 is 11.6 Å². The zero-order valence-electron chi connectivity index (χ0n) is 15.8. The topological polar surface area (TPSA) is 66.5 Å². The summed E-state index contributed by atoms with van der Waals surface area (Å²) in [6.07, 6.45) is 3.82. The molecule has 148 valence electrons. The predicted octanol–water partition coefficient (Wildman–Crippen LogP) is 3.63. The minimum atomic E-state index is -0.215. The number of halogens is 1. The van der Waals surface area contributed by atoms with E-state index in [1.54, 1.807) is 0 Å². The number of rotatable bonds is 6. The third-order valence-corrected chi connectivity index (χ3v) is 5.63. The van der Waals surface area contributed by atoms with Crippen molar-refractivity contribution in [2.24, 2.45) is 0 Å². The minimum absolute atomic E-state index is 0.215. The second-order valence-electron chi connectivity index (χ2n) is 7.25. The number of unbranched alkanes of at least 4 members (excludes halogenated alkanes) is 1. The predicted molar refractivity (Wildman–Crippen MR) is 110 cm³/mol. The molecule has 1 aromatic heterocycles. The van der Waals surface area contributed by atoms with Crippen molar-refractivity contribution in [3.8, 4) is 5.88 Å². The van der Waals surface area contributed by atoms with Gasteiger partial charge in [0.15, 0.2) is 0 Å². The number of aromatic nitrogens is 1. The molecule has 3 heterocycles. The lowest BCUT2D eigenvalue weighted by Crippen LogP contribution is -2.31. The molecule has 0 aliphatic carbocycles. The van der Waals surface area contributed by atoms with Crippen molar-refractivity contribution in [3.63, 3.8) is 0 Å². The molecule has 6 nitrogen and oxygen atoms in total. The van der Waals surface area contributed by atoms with Crippen molar-refractivity contribution >= 4 is 23.4 Å². The maximum Gasteiger partial charge on any atom is 0.320 e. The molecule has 0 spiro atoms. The molecular formula is C21H25ClN4O2. The van der Waals surface area contributed by atoms with E-state index in [4.69, 9.17) is 16.3 Å². The van der Waals surface area contributed by atoms with Gasteiger partial charge in [-0.1, -0.05) is 23.7 Å². The van der Waals surface area contributed by atoms with Crippen LogP contribution in [-0.2, 0) is 19.4 Å². The molecule has 1 aromatic carbocycles. The first-order chi connectivity index (χ1) is 13.7. The number of urea groups is 1. The fourth-order valence-corrected chi connectivity index (χ4v) is 4.04. The number of ether oxygens (including phenoxy) is 1. The highest BCUT2D eigenvalue weighted by atomic mass is 35.5. The Morgan fingerprint density at radius 2 is 2.07 bits per heavy atom. The minimum Gasteiger partial charge on any atom is -0.478 e. The van der Waals surface area contributed by atoms with Gasteiger partial charge in [-0.2, -0.15) is 4.98 Å². The number of pyridine rings is 1. The van der Waals surface area contributed by atoms with Gasteiger partial charge in [0, 0.05) is 30.7 Å². The first-order valence-electron chi connectivity index (χ1n) is 9.85. The van der Waals surface area contributed by atoms with Crippen LogP contribution in [0.3, 0.4) is 0 Å². The molecule has 2 N–H and O–H groups in total. The average molecular weight is 401 g/mol. The van der Waals surface area contributed by atoms with Crippen molar-refractivity contribution in [1.29, 1.82) is 0 Å². The number of amides is 2. The van der Waals surface area contributed by atoms with Gasteiger partial charge in [0.1, 0.15) is 5.82 Å². The number of hydrogen-bond acceptors (Lipinski definition) is 4. The van der Waals surface area contributed by atoms with Gasteiger partial charge in [-0.05, 0) is 61.1 Å². The van der Waals surface area contributed by atoms with Crippen LogP contribution in [0.25, 0.3) is 0 Å². The maximum absolute atomic E-state index is 11.6. The van der Waals surface area contributed by atoms with Gasteiger partial charge in [0.2, 0.25) is 5.88 Å². The molecule has 0 saturated heterocycles. The SMILES string of the molecule is O=C1NCCc2ccc(OCCCCN3CCc4c(Cl)cccc4C3)nc2N1. The highest BCUT2D eigenvalue weighted by Crippen LogP contribution is 2.26. The monoisotopic (exact) mass is 400 g/mol. The summed E-state index contributed by atoms with van der Waals surface area (Å²) in [7, 11) is 0. The van der Waals surface area contributed by atoms with E-state index >= 15 is 0 Å². The lowest BCUT2D eigenvalue weighted by atomic mass is 9.99. The lowest BCUT2D eigenvalue weighted by molar-refractivity contribution is 0.233. The Bertz CT molecular complexity index is 858. The molecule has 2 aromatic rings. The van der Waals surface area contributed by atoms with E-state index in [2.05, 4.69) is 26.6 Å². The molecule has 0 fully saturated rings. The molecule has 2 amide bonds. The van der Waals surface area contributed by atoms with Crippen molar-refractivity contribution in [1.82, 2.24) is 15.2 Å². The summed E-state index contributed by atoms with van der Waals surface area (Å²) < 4.78 is 5.79. The van der Waals surface area contributed by atoms with Gasteiger partial charge in [0.05, 0.1) is 6.61 Å². The second kappa shape index (κ2) is 8.80. The maximum atomic E-state index is 11.6. The summed E-state index contributed by atoms with van der Waals surface area (Å²) in [4.78, 5) is 18.5. The Morgan fingerprint density at radius 1 is 1.14 bits per heavy atom. The van der Waals surface area contributed by atoms with Gasteiger partial charge < -0.3 is 10.1 Å². The molecular weight excluding hydrogens is 376 g/mol. The van der Waals surface area contributed by atoms with Gasteiger partial charge in [0.25, 0.3) is 0 Å². The molecule has 28 heavy (non-hydrogen) atoms. The average Bonchev–Trinajstić information content (AvgIpc) is 2.88. The zero-order valence-corrected chi connectivity index (χ0v) is 16.6. The normalized spacial score (nSPS) is 16.4. The lowest BCUT2D eigenvalue weighted by Gasteiger charge is -2.29. The fourth-order valence-electron chi connectivity index (χ4n) is 3.75. The number of carbonyl (C=O) groups is 1. The molecule has 4 rings (SSSR count). The summed E-state index contributed by atoms with van der Waals surface area (Å²) >= 11 is 6.29. The number of benzene rings is 1. The van der Waals surface area contributed by atoms with E-state index < -0.39 is 0 Å². The Balaban J connectivity index is 1.21. The summed E-state index contributed by atoms with van der Waals surface area (Å²) in [6, 6.07) is 9.82. The molecule has 0 radical (unpaired) electrons. The molecule has 0 saturated carbocycles. The highest BCUT2D eigenvalue weighted by Gasteiger charge is 2.18. The van der Waals surface area contributed by atoms with E-state index in [-0.39, 0.29) is 6.03 Å². The van der Waals surface area contributed by atoms with Crippen LogP contribution in [0.15, 0.2) is 30.3 Å². The fraction of sp³-hybridized carbons (Fsp3) is 0.429. The van der Waals surface area contributed by atoms with Crippen LogP contribution in [0.1, 0.15) is 29.5 Å². The quantitative estimate of drug-likeness (QED) is 0.726. The first-order valence-corrected chi connectivity index (χ1v) is 10.2. The molecule has 7 heteroatoms. The Morgan fingerprint density at radius 3 is 3.00 bits per heavy atom. The van der Waals surface area contributed by atoms with Crippen LogP contribution in [-0.4, -0.2) is 42.2 Å². The van der Waals surface area contributed by atoms with Crippen LogP contribution < -0.4 is 15.4 Å². The number of anilines is 1. The third-order valence-electron chi connectivity index (χ3n) is 5.27. The van der Waals surface area contributed by atoms with Crippen molar-refractivity contribution in [2.45, 2.75) is 32.2 Å². The highest BCUT2D eigenvalue weighted by molar-refractivity contribution is 6.31. The summed E-state index contributed by atoms with van der Waals surface area (Å²) in [5, 5.41) is 6.42. The standard InChI is InChI=1S/C21H25ClN4O2/c22-18-5-3-4-16-14-26(12-9-17(16)18)11-1-2-13-28-19-7-6-15-8-10-23-21(27)25-20(15)24-19/h3-7H,1-2,8-14H2,(H2,23,24,25,27). The third kappa shape index (κ3) is 4.56. The van der Waals surface area contributed by atoms with Gasteiger partial charge >= 0.3 is 6.03 Å². The smallest absolute Gasteiger partial charge is 0.320 e. The number of nitrogens with one attached hydrogen (secondary N) is 2. The molecule has 2 aliphatic rings. The Kier molecular flexibility index (Phi) is 5.98. The van der Waals surface area contributed by atoms with E-state index in [1.165, 1.54) is 11.1 Å². The number of fused-ring (bicyclic) bond motifs is 2. The van der Waals surface area contributed by atoms with E-state index in [1.807, 2.05) is 24.3 Å². The van der Waals surface area contributed by atoms with Crippen LogP contribution in [0, 0.1) is 0 Å². The molecule has 0 unspecified atom stereocenters. The Labute approximate surface area is 170 Å². The van der Waals surface area contributed by atoms with Crippen LogP contribution in [0.4, 0.5) is 10.6 Å². The number of carbonyl (C=O) groups excluding carboxylic acids is 1. The number of nitrogens with zero attached hydrogens (tertiary/aromatic N) is 2. The summed E-state index contributed by atoms with van der Waals surface area (Å²) in [5.74, 6) is 1.15.